The summed E-state index contributed by atoms with van der Waals surface area (Å²) in [7, 11) is 0. The number of carbonyl (C=O) groups is 2. The van der Waals surface area contributed by atoms with E-state index in [0.717, 1.165) is 18.6 Å². The number of rotatable bonds is 7. The van der Waals surface area contributed by atoms with E-state index in [0.29, 0.717) is 18.4 Å². The molecule has 1 atom stereocenters. The van der Waals surface area contributed by atoms with Crippen molar-refractivity contribution in [2.45, 2.75) is 31.7 Å². The number of alkyl halides is 3. The molecule has 41 heavy (non-hydrogen) atoms. The van der Waals surface area contributed by atoms with Crippen LogP contribution in [0.3, 0.4) is 0 Å². The van der Waals surface area contributed by atoms with Crippen molar-refractivity contribution < 1.29 is 31.9 Å². The van der Waals surface area contributed by atoms with Crippen LogP contribution in [0, 0.1) is 5.82 Å². The molecule has 2 amide bonds. The molecule has 5 rings (SSSR count). The van der Waals surface area contributed by atoms with Gasteiger partial charge in [-0.1, -0.05) is 29.8 Å². The summed E-state index contributed by atoms with van der Waals surface area (Å²) in [6, 6.07) is 12.1. The van der Waals surface area contributed by atoms with Gasteiger partial charge in [0.15, 0.2) is 0 Å². The Morgan fingerprint density at radius 1 is 1.07 bits per heavy atom. The zero-order chi connectivity index (χ0) is 29.1. The Kier molecular flexibility index (Phi) is 8.04. The van der Waals surface area contributed by atoms with E-state index >= 15 is 4.39 Å². The van der Waals surface area contributed by atoms with Gasteiger partial charge in [-0.25, -0.2) is 14.4 Å². The van der Waals surface area contributed by atoms with E-state index in [1.165, 1.54) is 36.7 Å². The van der Waals surface area contributed by atoms with Gasteiger partial charge in [0, 0.05) is 29.8 Å². The van der Waals surface area contributed by atoms with Crippen molar-refractivity contribution in [2.75, 3.05) is 17.2 Å². The Labute approximate surface area is 236 Å². The Morgan fingerprint density at radius 2 is 1.88 bits per heavy atom. The van der Waals surface area contributed by atoms with Crippen LogP contribution in [0.1, 0.15) is 34.3 Å². The molecule has 1 saturated heterocycles. The number of hydrogen-bond donors (Lipinski definition) is 3. The lowest BCUT2D eigenvalue weighted by atomic mass is 10.1. The molecular formula is C28H22ClF4N5O3. The standard InChI is InChI=1S/C28H22ClF4N5O3/c29-19-10-9-15(13-34-26(39)21-8-3-11-41-21)23(30)22(19)27(40)38-20-7-2-6-18-24(20)35-14-36-25(18)37-17-5-1-4-16(12-17)28(31,32)33/h1-2,4-7,9-10,12,14,21H,3,8,11,13H2,(H,34,39)(H,38,40)(H,35,36,37)/t21-/m0/s1. The fraction of sp³-hybridized carbons (Fsp3) is 0.214. The molecule has 0 radical (unpaired) electrons. The fourth-order valence-corrected chi connectivity index (χ4v) is 4.64. The van der Waals surface area contributed by atoms with Gasteiger partial charge >= 0.3 is 6.18 Å². The topological polar surface area (TPSA) is 105 Å². The van der Waals surface area contributed by atoms with Crippen LogP contribution in [0.25, 0.3) is 10.9 Å². The number of ether oxygens (including phenoxy) is 1. The third kappa shape index (κ3) is 6.23. The molecule has 0 bridgehead atoms. The number of fused-ring (bicyclic) bond motifs is 1. The third-order valence-corrected chi connectivity index (χ3v) is 6.75. The molecule has 13 heteroatoms. The molecule has 4 aromatic rings. The van der Waals surface area contributed by atoms with Crippen LogP contribution in [0.15, 0.2) is 60.9 Å². The molecular weight excluding hydrogens is 566 g/mol. The second-order valence-electron chi connectivity index (χ2n) is 9.20. The zero-order valence-corrected chi connectivity index (χ0v) is 21.9. The van der Waals surface area contributed by atoms with Gasteiger partial charge in [-0.15, -0.1) is 0 Å². The van der Waals surface area contributed by atoms with E-state index in [4.69, 9.17) is 16.3 Å². The zero-order valence-electron chi connectivity index (χ0n) is 21.2. The number of anilines is 3. The molecule has 0 spiro atoms. The Hall–Kier alpha value is -4.29. The van der Waals surface area contributed by atoms with Crippen LogP contribution in [-0.4, -0.2) is 34.5 Å². The maximum absolute atomic E-state index is 15.4. The van der Waals surface area contributed by atoms with Crippen LogP contribution in [0.4, 0.5) is 34.8 Å². The second kappa shape index (κ2) is 11.7. The quantitative estimate of drug-likeness (QED) is 0.221. The van der Waals surface area contributed by atoms with Crippen molar-refractivity contribution in [1.29, 1.82) is 0 Å². The Bertz CT molecular complexity index is 1630. The number of aromatic nitrogens is 2. The van der Waals surface area contributed by atoms with Gasteiger partial charge in [-0.05, 0) is 49.2 Å². The number of benzene rings is 3. The van der Waals surface area contributed by atoms with Crippen molar-refractivity contribution >= 4 is 51.5 Å². The SMILES string of the molecule is O=C(Nc1cccc2c(Nc3cccc(C(F)(F)F)c3)ncnc12)c1c(Cl)ccc(CNC(=O)[C@@H]2CCCO2)c1F. The molecule has 3 N–H and O–H groups in total. The monoisotopic (exact) mass is 587 g/mol. The van der Waals surface area contributed by atoms with Crippen LogP contribution in [0.5, 0.6) is 0 Å². The van der Waals surface area contributed by atoms with Gasteiger partial charge < -0.3 is 20.7 Å². The number of amides is 2. The van der Waals surface area contributed by atoms with Crippen molar-refractivity contribution in [1.82, 2.24) is 15.3 Å². The fourth-order valence-electron chi connectivity index (χ4n) is 4.40. The molecule has 1 fully saturated rings. The molecule has 0 unspecified atom stereocenters. The maximum atomic E-state index is 15.4. The third-order valence-electron chi connectivity index (χ3n) is 6.44. The van der Waals surface area contributed by atoms with Gasteiger partial charge in [-0.2, -0.15) is 13.2 Å². The first-order chi connectivity index (χ1) is 19.6. The van der Waals surface area contributed by atoms with Gasteiger partial charge in [0.1, 0.15) is 24.1 Å². The largest absolute Gasteiger partial charge is 0.416 e. The molecule has 8 nitrogen and oxygen atoms in total. The van der Waals surface area contributed by atoms with Gasteiger partial charge in [0.2, 0.25) is 5.91 Å². The van der Waals surface area contributed by atoms with E-state index in [-0.39, 0.29) is 45.7 Å². The number of halogens is 5. The Morgan fingerprint density at radius 3 is 2.63 bits per heavy atom. The highest BCUT2D eigenvalue weighted by Gasteiger charge is 2.30. The summed E-state index contributed by atoms with van der Waals surface area (Å²) in [4.78, 5) is 33.8. The number of carbonyl (C=O) groups excluding carboxylic acids is 2. The number of para-hydroxylation sites is 1. The first-order valence-corrected chi connectivity index (χ1v) is 12.8. The second-order valence-corrected chi connectivity index (χ2v) is 9.60. The summed E-state index contributed by atoms with van der Waals surface area (Å²) in [5.41, 5.74) is -0.619. The molecule has 3 aromatic carbocycles. The molecule has 1 aliphatic heterocycles. The van der Waals surface area contributed by atoms with Crippen LogP contribution < -0.4 is 16.0 Å². The van der Waals surface area contributed by atoms with Crippen LogP contribution >= 0.6 is 11.6 Å². The van der Waals surface area contributed by atoms with Crippen LogP contribution in [0.2, 0.25) is 5.02 Å². The molecule has 0 saturated carbocycles. The summed E-state index contributed by atoms with van der Waals surface area (Å²) in [5, 5.41) is 8.31. The molecule has 0 aliphatic carbocycles. The first kappa shape index (κ1) is 28.2. The lowest BCUT2D eigenvalue weighted by Crippen LogP contribution is -2.34. The lowest BCUT2D eigenvalue weighted by molar-refractivity contribution is -0.137. The Balaban J connectivity index is 1.38. The van der Waals surface area contributed by atoms with Crippen molar-refractivity contribution in [3.8, 4) is 0 Å². The normalized spacial score (nSPS) is 15.1. The predicted octanol–water partition coefficient (Wildman–Crippen LogP) is 6.23. The minimum Gasteiger partial charge on any atom is -0.368 e. The molecule has 2 heterocycles. The van der Waals surface area contributed by atoms with E-state index in [9.17, 15) is 22.8 Å². The smallest absolute Gasteiger partial charge is 0.368 e. The average Bonchev–Trinajstić information content (AvgIpc) is 3.48. The van der Waals surface area contributed by atoms with Crippen molar-refractivity contribution in [3.05, 3.63) is 88.5 Å². The maximum Gasteiger partial charge on any atom is 0.416 e. The van der Waals surface area contributed by atoms with E-state index < -0.39 is 35.1 Å². The summed E-state index contributed by atoms with van der Waals surface area (Å²) in [6.45, 7) is 0.313. The van der Waals surface area contributed by atoms with Crippen molar-refractivity contribution in [3.63, 3.8) is 0 Å². The summed E-state index contributed by atoms with van der Waals surface area (Å²) in [5.74, 6) is -1.94. The number of nitrogens with one attached hydrogen (secondary N) is 3. The molecule has 1 aromatic heterocycles. The minimum atomic E-state index is -4.52. The minimum absolute atomic E-state index is 0.0544. The van der Waals surface area contributed by atoms with E-state index in [1.807, 2.05) is 0 Å². The average molecular weight is 588 g/mol. The lowest BCUT2D eigenvalue weighted by Gasteiger charge is -2.15. The van der Waals surface area contributed by atoms with E-state index in [2.05, 4.69) is 25.9 Å². The van der Waals surface area contributed by atoms with E-state index in [1.54, 1.807) is 12.1 Å². The predicted molar refractivity (Wildman–Crippen MR) is 144 cm³/mol. The highest BCUT2D eigenvalue weighted by molar-refractivity contribution is 6.34. The highest BCUT2D eigenvalue weighted by atomic mass is 35.5. The van der Waals surface area contributed by atoms with Crippen molar-refractivity contribution in [2.24, 2.45) is 0 Å². The summed E-state index contributed by atoms with van der Waals surface area (Å²) < 4.78 is 60.2. The molecule has 212 valence electrons. The van der Waals surface area contributed by atoms with Gasteiger partial charge in [0.05, 0.1) is 27.4 Å². The first-order valence-electron chi connectivity index (χ1n) is 12.5. The summed E-state index contributed by atoms with van der Waals surface area (Å²) >= 11 is 6.18. The van der Waals surface area contributed by atoms with Gasteiger partial charge in [0.25, 0.3) is 5.91 Å². The van der Waals surface area contributed by atoms with Gasteiger partial charge in [-0.3, -0.25) is 9.59 Å². The number of nitrogens with zero attached hydrogens (tertiary/aromatic N) is 2. The number of hydrogen-bond acceptors (Lipinski definition) is 6. The van der Waals surface area contributed by atoms with Crippen LogP contribution in [-0.2, 0) is 22.3 Å². The molecule has 1 aliphatic rings. The summed E-state index contributed by atoms with van der Waals surface area (Å²) in [6.07, 6.45) is -2.59. The highest BCUT2D eigenvalue weighted by Crippen LogP contribution is 2.33.